The van der Waals surface area contributed by atoms with E-state index >= 15 is 0 Å². The quantitative estimate of drug-likeness (QED) is 0.559. The van der Waals surface area contributed by atoms with Crippen molar-refractivity contribution in [2.45, 2.75) is 13.8 Å². The molecule has 1 heterocycles. The number of benzene rings is 2. The van der Waals surface area contributed by atoms with Gasteiger partial charge in [0, 0.05) is 30.6 Å². The largest absolute Gasteiger partial charge is 0.490 e. The molecular formula is C22H24N2O4S. The third-order valence-electron chi connectivity index (χ3n) is 4.30. The van der Waals surface area contributed by atoms with Crippen LogP contribution in [0.3, 0.4) is 0 Å². The molecule has 0 aliphatic carbocycles. The van der Waals surface area contributed by atoms with E-state index in [2.05, 4.69) is 0 Å². The lowest BCUT2D eigenvalue weighted by Crippen LogP contribution is -2.13. The van der Waals surface area contributed by atoms with E-state index in [-0.39, 0.29) is 5.56 Å². The number of carbonyl (C=O) groups is 1. The number of aromatic nitrogens is 1. The Morgan fingerprint density at radius 3 is 2.38 bits per heavy atom. The summed E-state index contributed by atoms with van der Waals surface area (Å²) in [4.78, 5) is 18.2. The molecule has 0 aliphatic heterocycles. The summed E-state index contributed by atoms with van der Waals surface area (Å²) in [5, 5.41) is 12.3. The van der Waals surface area contributed by atoms with E-state index in [4.69, 9.17) is 14.5 Å². The molecule has 3 rings (SSSR count). The van der Waals surface area contributed by atoms with Gasteiger partial charge in [0.25, 0.3) is 0 Å². The van der Waals surface area contributed by atoms with Gasteiger partial charge in [-0.2, -0.15) is 0 Å². The molecule has 6 nitrogen and oxygen atoms in total. The third kappa shape index (κ3) is 4.51. The maximum Gasteiger partial charge on any atom is 0.337 e. The molecule has 29 heavy (non-hydrogen) atoms. The van der Waals surface area contributed by atoms with Crippen LogP contribution in [-0.2, 0) is 0 Å². The van der Waals surface area contributed by atoms with Crippen molar-refractivity contribution in [2.24, 2.45) is 0 Å². The maximum atomic E-state index is 11.7. The van der Waals surface area contributed by atoms with Gasteiger partial charge in [0.15, 0.2) is 11.5 Å². The number of ether oxygens (including phenoxy) is 2. The monoisotopic (exact) mass is 412 g/mol. The molecule has 0 atom stereocenters. The summed E-state index contributed by atoms with van der Waals surface area (Å²) in [6, 6.07) is 11.1. The Balaban J connectivity index is 1.96. The van der Waals surface area contributed by atoms with Crippen molar-refractivity contribution in [3.05, 3.63) is 47.3 Å². The van der Waals surface area contributed by atoms with Gasteiger partial charge < -0.3 is 19.5 Å². The minimum Gasteiger partial charge on any atom is -0.490 e. The lowest BCUT2D eigenvalue weighted by molar-refractivity contribution is 0.0697. The minimum absolute atomic E-state index is 0.252. The number of hydrogen-bond donors (Lipinski definition) is 1. The van der Waals surface area contributed by atoms with Crippen molar-refractivity contribution in [3.63, 3.8) is 0 Å². The van der Waals surface area contributed by atoms with Crippen LogP contribution >= 0.6 is 11.3 Å². The Labute approximate surface area is 174 Å². The van der Waals surface area contributed by atoms with Crippen LogP contribution in [0, 0.1) is 0 Å². The standard InChI is InChI=1S/C22H24N2O4S/c1-5-27-19-10-8-15(12-20(19)28-6-2)21-23-17(13-29-21)14-7-9-18(24(3)4)16(11-14)22(25)26/h7-13H,5-6H2,1-4H3,(H,25,26). The van der Waals surface area contributed by atoms with Crippen LogP contribution in [0.4, 0.5) is 5.69 Å². The fourth-order valence-electron chi connectivity index (χ4n) is 2.98. The first-order chi connectivity index (χ1) is 13.9. The molecule has 0 aliphatic rings. The second-order valence-corrected chi connectivity index (χ2v) is 7.36. The number of aromatic carboxylic acids is 1. The van der Waals surface area contributed by atoms with Crippen LogP contribution in [0.15, 0.2) is 41.8 Å². The molecular weight excluding hydrogens is 388 g/mol. The predicted molar refractivity (Wildman–Crippen MR) is 117 cm³/mol. The third-order valence-corrected chi connectivity index (χ3v) is 5.19. The van der Waals surface area contributed by atoms with E-state index in [1.807, 2.05) is 63.7 Å². The smallest absolute Gasteiger partial charge is 0.337 e. The Bertz CT molecular complexity index is 1010. The van der Waals surface area contributed by atoms with E-state index < -0.39 is 5.97 Å². The molecule has 0 fully saturated rings. The normalized spacial score (nSPS) is 10.6. The molecule has 1 aromatic heterocycles. The summed E-state index contributed by atoms with van der Waals surface area (Å²) in [5.41, 5.74) is 3.35. The molecule has 3 aromatic rings. The van der Waals surface area contributed by atoms with Gasteiger partial charge in [-0.25, -0.2) is 9.78 Å². The second kappa shape index (κ2) is 8.96. The molecule has 0 radical (unpaired) electrons. The molecule has 0 saturated carbocycles. The highest BCUT2D eigenvalue weighted by molar-refractivity contribution is 7.13. The summed E-state index contributed by atoms with van der Waals surface area (Å²) in [7, 11) is 3.65. The van der Waals surface area contributed by atoms with E-state index in [9.17, 15) is 9.90 Å². The van der Waals surface area contributed by atoms with Gasteiger partial charge in [0.05, 0.1) is 30.2 Å². The van der Waals surface area contributed by atoms with Crippen LogP contribution in [-0.4, -0.2) is 43.4 Å². The first-order valence-corrected chi connectivity index (χ1v) is 10.2. The van der Waals surface area contributed by atoms with E-state index in [1.165, 1.54) is 11.3 Å². The summed E-state index contributed by atoms with van der Waals surface area (Å²) < 4.78 is 11.3. The van der Waals surface area contributed by atoms with Crippen molar-refractivity contribution in [1.82, 2.24) is 4.98 Å². The van der Waals surface area contributed by atoms with Crippen LogP contribution in [0.5, 0.6) is 11.5 Å². The van der Waals surface area contributed by atoms with Gasteiger partial charge in [-0.3, -0.25) is 0 Å². The Hall–Kier alpha value is -3.06. The SMILES string of the molecule is CCOc1ccc(-c2nc(-c3ccc(N(C)C)c(C(=O)O)c3)cs2)cc1OCC. The summed E-state index contributed by atoms with van der Waals surface area (Å²) in [5.74, 6) is 0.436. The Morgan fingerprint density at radius 2 is 1.72 bits per heavy atom. The summed E-state index contributed by atoms with van der Waals surface area (Å²) >= 11 is 1.50. The number of rotatable bonds is 8. The first kappa shape index (κ1) is 20.7. The molecule has 7 heteroatoms. The lowest BCUT2D eigenvalue weighted by atomic mass is 10.1. The van der Waals surface area contributed by atoms with Crippen LogP contribution in [0.2, 0.25) is 0 Å². The van der Waals surface area contributed by atoms with Crippen LogP contribution in [0.1, 0.15) is 24.2 Å². The molecule has 152 valence electrons. The fourth-order valence-corrected chi connectivity index (χ4v) is 3.81. The van der Waals surface area contributed by atoms with Crippen molar-refractivity contribution >= 4 is 23.0 Å². The predicted octanol–water partition coefficient (Wildman–Crippen LogP) is 5.04. The highest BCUT2D eigenvalue weighted by atomic mass is 32.1. The topological polar surface area (TPSA) is 71.9 Å². The van der Waals surface area contributed by atoms with Crippen LogP contribution in [0.25, 0.3) is 21.8 Å². The molecule has 0 unspecified atom stereocenters. The highest BCUT2D eigenvalue weighted by Gasteiger charge is 2.16. The summed E-state index contributed by atoms with van der Waals surface area (Å²) in [6.45, 7) is 4.98. The van der Waals surface area contributed by atoms with Crippen molar-refractivity contribution in [2.75, 3.05) is 32.2 Å². The van der Waals surface area contributed by atoms with E-state index in [0.717, 1.165) is 21.8 Å². The zero-order chi connectivity index (χ0) is 21.0. The molecule has 0 amide bonds. The number of nitrogens with zero attached hydrogens (tertiary/aromatic N) is 2. The van der Waals surface area contributed by atoms with Gasteiger partial charge >= 0.3 is 5.97 Å². The number of hydrogen-bond acceptors (Lipinski definition) is 6. The minimum atomic E-state index is -0.959. The van der Waals surface area contributed by atoms with Gasteiger partial charge in [-0.15, -0.1) is 11.3 Å². The zero-order valence-electron chi connectivity index (χ0n) is 16.9. The second-order valence-electron chi connectivity index (χ2n) is 6.50. The average Bonchev–Trinajstić information content (AvgIpc) is 3.19. The van der Waals surface area contributed by atoms with Gasteiger partial charge in [0.1, 0.15) is 5.01 Å². The van der Waals surface area contributed by atoms with Gasteiger partial charge in [-0.05, 0) is 44.2 Å². The van der Waals surface area contributed by atoms with E-state index in [1.54, 1.807) is 11.0 Å². The molecule has 1 N–H and O–H groups in total. The fraction of sp³-hybridized carbons (Fsp3) is 0.273. The highest BCUT2D eigenvalue weighted by Crippen LogP contribution is 2.36. The van der Waals surface area contributed by atoms with Crippen molar-refractivity contribution in [3.8, 4) is 33.3 Å². The zero-order valence-corrected chi connectivity index (χ0v) is 17.7. The van der Waals surface area contributed by atoms with Gasteiger partial charge in [-0.1, -0.05) is 6.07 Å². The number of carboxylic acids is 1. The molecule has 0 spiro atoms. The lowest BCUT2D eigenvalue weighted by Gasteiger charge is -2.16. The van der Waals surface area contributed by atoms with Gasteiger partial charge in [0.2, 0.25) is 0 Å². The molecule has 0 bridgehead atoms. The van der Waals surface area contributed by atoms with Crippen LogP contribution < -0.4 is 14.4 Å². The Morgan fingerprint density at radius 1 is 1.03 bits per heavy atom. The average molecular weight is 413 g/mol. The first-order valence-electron chi connectivity index (χ1n) is 9.35. The maximum absolute atomic E-state index is 11.7. The molecule has 0 saturated heterocycles. The Kier molecular flexibility index (Phi) is 6.39. The number of carboxylic acid groups (broad SMARTS) is 1. The number of anilines is 1. The van der Waals surface area contributed by atoms with E-state index in [0.29, 0.717) is 30.4 Å². The molecule has 2 aromatic carbocycles. The number of thiazole rings is 1. The summed E-state index contributed by atoms with van der Waals surface area (Å²) in [6.07, 6.45) is 0. The van der Waals surface area contributed by atoms with Crippen molar-refractivity contribution < 1.29 is 19.4 Å². The van der Waals surface area contributed by atoms with Crippen molar-refractivity contribution in [1.29, 1.82) is 0 Å².